The molecule has 1 atom stereocenters. The normalized spacial score (nSPS) is 17.9. The van der Waals surface area contributed by atoms with Gasteiger partial charge in [-0.15, -0.1) is 11.6 Å². The van der Waals surface area contributed by atoms with Crippen LogP contribution in [0.4, 0.5) is 11.4 Å². The lowest BCUT2D eigenvalue weighted by molar-refractivity contribution is 0.277. The number of para-hydroxylation sites is 1. The number of anilines is 2. The summed E-state index contributed by atoms with van der Waals surface area (Å²) < 4.78 is 0. The minimum atomic E-state index is -0.378. The van der Waals surface area contributed by atoms with E-state index in [4.69, 9.17) is 11.6 Å². The number of hydrazine groups is 1. The molecule has 0 aliphatic carbocycles. The molecule has 0 spiro atoms. The zero-order valence-electron chi connectivity index (χ0n) is 17.0. The van der Waals surface area contributed by atoms with Gasteiger partial charge in [-0.1, -0.05) is 42.5 Å². The second-order valence-electron chi connectivity index (χ2n) is 6.92. The molecule has 6 heteroatoms. The second-order valence-corrected chi connectivity index (χ2v) is 7.30. The molecule has 0 fully saturated rings. The fraction of sp³-hybridized carbons (Fsp3) is 0.364. The van der Waals surface area contributed by atoms with Crippen molar-refractivity contribution in [2.24, 2.45) is 0 Å². The summed E-state index contributed by atoms with van der Waals surface area (Å²) >= 11 is 5.84. The Morgan fingerprint density at radius 3 is 2.36 bits per heavy atom. The van der Waals surface area contributed by atoms with Crippen LogP contribution in [0.3, 0.4) is 0 Å². The van der Waals surface area contributed by atoms with Gasteiger partial charge >= 0.3 is 0 Å². The van der Waals surface area contributed by atoms with Gasteiger partial charge in [-0.05, 0) is 37.9 Å². The Morgan fingerprint density at radius 2 is 1.75 bits per heavy atom. The van der Waals surface area contributed by atoms with Crippen LogP contribution in [0, 0.1) is 0 Å². The largest absolute Gasteiger partial charge is 0.373 e. The maximum Gasteiger partial charge on any atom is 0.123 e. The third kappa shape index (κ3) is 3.63. The number of alkyl halides is 1. The van der Waals surface area contributed by atoms with E-state index in [1.54, 1.807) is 0 Å². The molecule has 0 saturated carbocycles. The fourth-order valence-electron chi connectivity index (χ4n) is 4.00. The standard InChI is InChI=1S/C22H30ClN5/c1-24-22(25-2)19-7-5-6-8-20(19)28(26-3)21(22)14-11-17-9-12-18(13-10-17)27(4)16-15-23/h5-14,21,24-26H,15-16H2,1-4H3/b14-11+. The van der Waals surface area contributed by atoms with Crippen molar-refractivity contribution >= 4 is 29.1 Å². The maximum absolute atomic E-state index is 5.84. The number of nitrogens with one attached hydrogen (secondary N) is 3. The molecule has 1 unspecified atom stereocenters. The third-order valence-electron chi connectivity index (χ3n) is 5.56. The quantitative estimate of drug-likeness (QED) is 0.470. The van der Waals surface area contributed by atoms with Crippen molar-refractivity contribution in [2.45, 2.75) is 11.7 Å². The van der Waals surface area contributed by atoms with Crippen molar-refractivity contribution in [1.82, 2.24) is 16.1 Å². The van der Waals surface area contributed by atoms with E-state index in [0.29, 0.717) is 5.88 Å². The van der Waals surface area contributed by atoms with E-state index >= 15 is 0 Å². The number of benzene rings is 2. The average Bonchev–Trinajstić information content (AvgIpc) is 3.01. The van der Waals surface area contributed by atoms with Crippen molar-refractivity contribution in [3.63, 3.8) is 0 Å². The van der Waals surface area contributed by atoms with Gasteiger partial charge in [0.15, 0.2) is 0 Å². The lowest BCUT2D eigenvalue weighted by atomic mass is 9.94. The summed E-state index contributed by atoms with van der Waals surface area (Å²) in [5.74, 6) is 0.621. The van der Waals surface area contributed by atoms with E-state index < -0.39 is 0 Å². The molecule has 28 heavy (non-hydrogen) atoms. The molecule has 0 bridgehead atoms. The van der Waals surface area contributed by atoms with Crippen molar-refractivity contribution in [3.05, 3.63) is 65.7 Å². The predicted octanol–water partition coefficient (Wildman–Crippen LogP) is 2.99. The number of halogens is 1. The first kappa shape index (κ1) is 20.7. The zero-order valence-corrected chi connectivity index (χ0v) is 17.8. The number of rotatable bonds is 8. The van der Waals surface area contributed by atoms with Crippen molar-refractivity contribution in [2.75, 3.05) is 50.5 Å². The van der Waals surface area contributed by atoms with Gasteiger partial charge in [0.1, 0.15) is 5.66 Å². The highest BCUT2D eigenvalue weighted by atomic mass is 35.5. The molecule has 0 amide bonds. The van der Waals surface area contributed by atoms with Gasteiger partial charge in [0.25, 0.3) is 0 Å². The van der Waals surface area contributed by atoms with E-state index in [-0.39, 0.29) is 11.7 Å². The summed E-state index contributed by atoms with van der Waals surface area (Å²) in [4.78, 5) is 2.16. The molecule has 150 valence electrons. The van der Waals surface area contributed by atoms with Crippen molar-refractivity contribution in [1.29, 1.82) is 0 Å². The molecular weight excluding hydrogens is 370 g/mol. The minimum Gasteiger partial charge on any atom is -0.373 e. The van der Waals surface area contributed by atoms with Gasteiger partial charge in [0.2, 0.25) is 0 Å². The number of likely N-dealkylation sites (N-methyl/N-ethyl adjacent to an activating group) is 2. The SMILES string of the molecule is CNN1c2ccccc2C(NC)(NC)C1/C=C/c1ccc(N(C)CCCl)cc1. The Bertz CT molecular complexity index is 801. The molecule has 2 aromatic carbocycles. The molecule has 5 nitrogen and oxygen atoms in total. The highest BCUT2D eigenvalue weighted by Gasteiger charge is 2.48. The number of nitrogens with zero attached hydrogens (tertiary/aromatic N) is 2. The molecule has 0 radical (unpaired) electrons. The Balaban J connectivity index is 1.89. The number of fused-ring (bicyclic) bond motifs is 1. The zero-order chi connectivity index (χ0) is 20.1. The van der Waals surface area contributed by atoms with E-state index in [0.717, 1.165) is 12.1 Å². The molecule has 1 aliphatic rings. The molecule has 2 aromatic rings. The maximum atomic E-state index is 5.84. The predicted molar refractivity (Wildman–Crippen MR) is 121 cm³/mol. The molecule has 3 rings (SSSR count). The summed E-state index contributed by atoms with van der Waals surface area (Å²) in [5.41, 5.74) is 7.70. The number of hydrogen-bond acceptors (Lipinski definition) is 5. The van der Waals surface area contributed by atoms with Crippen LogP contribution in [0.5, 0.6) is 0 Å². The average molecular weight is 400 g/mol. The number of hydrogen-bond donors (Lipinski definition) is 3. The summed E-state index contributed by atoms with van der Waals surface area (Å²) in [6.45, 7) is 0.834. The Labute approximate surface area is 173 Å². The third-order valence-corrected chi connectivity index (χ3v) is 5.73. The van der Waals surface area contributed by atoms with Crippen LogP contribution >= 0.6 is 11.6 Å². The van der Waals surface area contributed by atoms with E-state index in [2.05, 4.69) is 93.7 Å². The molecular formula is C22H30ClN5. The van der Waals surface area contributed by atoms with Crippen molar-refractivity contribution in [3.8, 4) is 0 Å². The van der Waals surface area contributed by atoms with Gasteiger partial charge in [0.05, 0.1) is 11.7 Å². The van der Waals surface area contributed by atoms with Crippen LogP contribution < -0.4 is 26.0 Å². The van der Waals surface area contributed by atoms with Gasteiger partial charge < -0.3 is 4.90 Å². The van der Waals surface area contributed by atoms with Gasteiger partial charge in [-0.25, -0.2) is 5.43 Å². The van der Waals surface area contributed by atoms with Crippen molar-refractivity contribution < 1.29 is 0 Å². The van der Waals surface area contributed by atoms with Crippen LogP contribution in [0.1, 0.15) is 11.1 Å². The molecule has 0 saturated heterocycles. The second kappa shape index (κ2) is 8.97. The molecule has 0 aromatic heterocycles. The van der Waals surface area contributed by atoms with Gasteiger partial charge in [-0.2, -0.15) is 0 Å². The smallest absolute Gasteiger partial charge is 0.123 e. The van der Waals surface area contributed by atoms with E-state index in [1.807, 2.05) is 21.1 Å². The molecule has 1 heterocycles. The Hall–Kier alpha value is -2.05. The summed E-state index contributed by atoms with van der Waals surface area (Å²) in [7, 11) is 8.01. The lowest BCUT2D eigenvalue weighted by Gasteiger charge is -2.37. The van der Waals surface area contributed by atoms with Crippen LogP contribution in [-0.4, -0.2) is 46.7 Å². The highest BCUT2D eigenvalue weighted by Crippen LogP contribution is 2.41. The van der Waals surface area contributed by atoms with Crippen LogP contribution in [0.25, 0.3) is 6.08 Å². The monoisotopic (exact) mass is 399 g/mol. The highest BCUT2D eigenvalue weighted by molar-refractivity contribution is 6.18. The fourth-order valence-corrected chi connectivity index (χ4v) is 4.25. The first-order valence-electron chi connectivity index (χ1n) is 9.60. The van der Waals surface area contributed by atoms with E-state index in [1.165, 1.54) is 16.9 Å². The molecule has 3 N–H and O–H groups in total. The van der Waals surface area contributed by atoms with E-state index in [9.17, 15) is 0 Å². The Kier molecular flexibility index (Phi) is 6.62. The summed E-state index contributed by atoms with van der Waals surface area (Å²) in [6.07, 6.45) is 4.41. The van der Waals surface area contributed by atoms with Crippen LogP contribution in [0.2, 0.25) is 0 Å². The van der Waals surface area contributed by atoms with Gasteiger partial charge in [-0.3, -0.25) is 15.6 Å². The Morgan fingerprint density at radius 1 is 1.07 bits per heavy atom. The molecule has 1 aliphatic heterocycles. The van der Waals surface area contributed by atoms with Crippen LogP contribution in [-0.2, 0) is 5.66 Å². The minimum absolute atomic E-state index is 0.0588. The topological polar surface area (TPSA) is 42.6 Å². The first-order chi connectivity index (χ1) is 13.6. The summed E-state index contributed by atoms with van der Waals surface area (Å²) in [6, 6.07) is 17.1. The first-order valence-corrected chi connectivity index (χ1v) is 10.1. The van der Waals surface area contributed by atoms with Gasteiger partial charge in [0, 0.05) is 37.8 Å². The summed E-state index contributed by atoms with van der Waals surface area (Å²) in [5, 5.41) is 9.21. The lowest BCUT2D eigenvalue weighted by Crippen LogP contribution is -2.61. The van der Waals surface area contributed by atoms with Crippen LogP contribution in [0.15, 0.2) is 54.6 Å².